The van der Waals surface area contributed by atoms with Crippen molar-refractivity contribution in [3.05, 3.63) is 64.7 Å². The van der Waals surface area contributed by atoms with E-state index in [9.17, 15) is 13.2 Å². The Kier molecular flexibility index (Phi) is 7.83. The summed E-state index contributed by atoms with van der Waals surface area (Å²) >= 11 is 6.16. The van der Waals surface area contributed by atoms with Crippen LogP contribution in [0.2, 0.25) is 5.02 Å². The average Bonchev–Trinajstić information content (AvgIpc) is 2.78. The number of benzene rings is 2. The normalized spacial score (nSPS) is 23.8. The van der Waals surface area contributed by atoms with Crippen molar-refractivity contribution in [3.8, 4) is 5.75 Å². The molecule has 1 saturated carbocycles. The Morgan fingerprint density at radius 2 is 1.74 bits per heavy atom. The second kappa shape index (κ2) is 10.5. The van der Waals surface area contributed by atoms with Crippen LogP contribution in [0.15, 0.2) is 48.5 Å². The van der Waals surface area contributed by atoms with Gasteiger partial charge in [0.2, 0.25) is 0 Å². The van der Waals surface area contributed by atoms with E-state index in [0.717, 1.165) is 49.5 Å². The van der Waals surface area contributed by atoms with Gasteiger partial charge >= 0.3 is 6.18 Å². The summed E-state index contributed by atoms with van der Waals surface area (Å²) in [5.41, 5.74) is 1.01. The zero-order chi connectivity index (χ0) is 24.3. The number of alkyl halides is 3. The Hall–Kier alpha value is -1.72. The fraction of sp³-hybridized carbons (Fsp3) is 0.571. The first-order valence-corrected chi connectivity index (χ1v) is 12.9. The van der Waals surface area contributed by atoms with Gasteiger partial charge in [-0.05, 0) is 85.9 Å². The molecule has 2 fully saturated rings. The summed E-state index contributed by atoms with van der Waals surface area (Å²) in [6, 6.07) is 14.0. The summed E-state index contributed by atoms with van der Waals surface area (Å²) in [4.78, 5) is 2.62. The van der Waals surface area contributed by atoms with E-state index in [4.69, 9.17) is 16.3 Å². The quantitative estimate of drug-likeness (QED) is 0.369. The smallest absolute Gasteiger partial charge is 0.416 e. The first-order valence-electron chi connectivity index (χ1n) is 12.5. The molecule has 1 unspecified atom stereocenters. The molecule has 3 atom stereocenters. The number of rotatable bonds is 8. The molecule has 2 aromatic carbocycles. The van der Waals surface area contributed by atoms with Gasteiger partial charge in [0.25, 0.3) is 0 Å². The molecular weight excluding hydrogens is 459 g/mol. The zero-order valence-corrected chi connectivity index (χ0v) is 20.8. The molecule has 6 heteroatoms. The minimum absolute atomic E-state index is 0.239. The Balaban J connectivity index is 1.38. The van der Waals surface area contributed by atoms with Crippen LogP contribution >= 0.6 is 11.6 Å². The summed E-state index contributed by atoms with van der Waals surface area (Å²) in [6.07, 6.45) is 2.75. The van der Waals surface area contributed by atoms with Gasteiger partial charge in [0.15, 0.2) is 0 Å². The molecular formula is C28H35ClF3NO. The molecule has 1 aliphatic carbocycles. The van der Waals surface area contributed by atoms with Crippen molar-refractivity contribution in [1.82, 2.24) is 4.90 Å². The molecule has 0 N–H and O–H groups in total. The lowest BCUT2D eigenvalue weighted by Crippen LogP contribution is -2.51. The maximum absolute atomic E-state index is 12.8. The van der Waals surface area contributed by atoms with Crippen molar-refractivity contribution in [2.45, 2.75) is 70.0 Å². The number of hydrogen-bond acceptors (Lipinski definition) is 2. The van der Waals surface area contributed by atoms with Crippen LogP contribution < -0.4 is 4.74 Å². The van der Waals surface area contributed by atoms with Crippen LogP contribution in [-0.2, 0) is 11.6 Å². The number of halogens is 4. The van der Waals surface area contributed by atoms with Gasteiger partial charge in [0, 0.05) is 30.1 Å². The van der Waals surface area contributed by atoms with Gasteiger partial charge in [-0.25, -0.2) is 0 Å². The average molecular weight is 494 g/mol. The van der Waals surface area contributed by atoms with E-state index in [-0.39, 0.29) is 5.41 Å². The monoisotopic (exact) mass is 493 g/mol. The van der Waals surface area contributed by atoms with E-state index in [2.05, 4.69) is 30.9 Å². The van der Waals surface area contributed by atoms with Crippen LogP contribution in [0.5, 0.6) is 5.75 Å². The van der Waals surface area contributed by atoms with E-state index in [1.54, 1.807) is 0 Å². The first-order chi connectivity index (χ1) is 16.2. The first kappa shape index (κ1) is 25.4. The van der Waals surface area contributed by atoms with Crippen molar-refractivity contribution in [1.29, 1.82) is 0 Å². The van der Waals surface area contributed by atoms with Gasteiger partial charge in [-0.1, -0.05) is 43.5 Å². The van der Waals surface area contributed by atoms with Crippen molar-refractivity contribution < 1.29 is 17.9 Å². The molecule has 1 heterocycles. The largest absolute Gasteiger partial charge is 0.493 e. The van der Waals surface area contributed by atoms with E-state index in [0.29, 0.717) is 30.2 Å². The van der Waals surface area contributed by atoms with Gasteiger partial charge in [-0.15, -0.1) is 0 Å². The van der Waals surface area contributed by atoms with Crippen LogP contribution in [0.1, 0.15) is 63.5 Å². The molecule has 2 aromatic rings. The maximum atomic E-state index is 12.8. The molecule has 2 aliphatic rings. The summed E-state index contributed by atoms with van der Waals surface area (Å²) in [5, 5.41) is 0.784. The van der Waals surface area contributed by atoms with Gasteiger partial charge in [0.1, 0.15) is 5.75 Å². The van der Waals surface area contributed by atoms with Crippen LogP contribution in [0.4, 0.5) is 13.2 Å². The van der Waals surface area contributed by atoms with E-state index in [1.807, 2.05) is 12.1 Å². The zero-order valence-electron chi connectivity index (χ0n) is 20.1. The van der Waals surface area contributed by atoms with E-state index in [1.165, 1.54) is 37.0 Å². The fourth-order valence-corrected chi connectivity index (χ4v) is 5.98. The number of hydrogen-bond donors (Lipinski definition) is 0. The summed E-state index contributed by atoms with van der Waals surface area (Å²) in [6.45, 7) is 7.19. The van der Waals surface area contributed by atoms with Crippen LogP contribution in [-0.4, -0.2) is 30.6 Å². The van der Waals surface area contributed by atoms with Gasteiger partial charge in [-0.2, -0.15) is 13.2 Å². The Bertz CT molecular complexity index is 924. The van der Waals surface area contributed by atoms with Gasteiger partial charge in [-0.3, -0.25) is 4.90 Å². The topological polar surface area (TPSA) is 12.5 Å². The van der Waals surface area contributed by atoms with Crippen molar-refractivity contribution >= 4 is 11.6 Å². The van der Waals surface area contributed by atoms with Crippen molar-refractivity contribution in [3.63, 3.8) is 0 Å². The van der Waals surface area contributed by atoms with Crippen LogP contribution in [0, 0.1) is 11.8 Å². The highest BCUT2D eigenvalue weighted by Crippen LogP contribution is 2.51. The molecule has 34 heavy (non-hydrogen) atoms. The highest BCUT2D eigenvalue weighted by atomic mass is 35.5. The summed E-state index contributed by atoms with van der Waals surface area (Å²) in [7, 11) is 0. The molecule has 0 amide bonds. The predicted octanol–water partition coefficient (Wildman–Crippen LogP) is 7.99. The SMILES string of the molecule is CCC(CN1C[C@H](COc2ccc(C(F)(F)F)cc2)CC[C@H]1C)C1(c2ccc(Cl)cc2)CCC1. The van der Waals surface area contributed by atoms with Crippen molar-refractivity contribution in [2.75, 3.05) is 19.7 Å². The molecule has 0 spiro atoms. The molecule has 0 aromatic heterocycles. The van der Waals surface area contributed by atoms with E-state index >= 15 is 0 Å². The predicted molar refractivity (Wildman–Crippen MR) is 131 cm³/mol. The minimum atomic E-state index is -4.32. The molecule has 0 bridgehead atoms. The maximum Gasteiger partial charge on any atom is 0.416 e. The molecule has 4 rings (SSSR count). The lowest BCUT2D eigenvalue weighted by Gasteiger charge is -2.51. The third kappa shape index (κ3) is 5.57. The fourth-order valence-electron chi connectivity index (χ4n) is 5.86. The highest BCUT2D eigenvalue weighted by molar-refractivity contribution is 6.30. The molecule has 0 radical (unpaired) electrons. The molecule has 2 nitrogen and oxygen atoms in total. The minimum Gasteiger partial charge on any atom is -0.493 e. The molecule has 1 aliphatic heterocycles. The third-order valence-electron chi connectivity index (χ3n) is 8.17. The lowest BCUT2D eigenvalue weighted by molar-refractivity contribution is -0.137. The second-order valence-corrected chi connectivity index (χ2v) is 10.6. The van der Waals surface area contributed by atoms with Crippen molar-refractivity contribution in [2.24, 2.45) is 11.8 Å². The number of piperidine rings is 1. The van der Waals surface area contributed by atoms with Crippen LogP contribution in [0.25, 0.3) is 0 Å². The van der Waals surface area contributed by atoms with Gasteiger partial charge < -0.3 is 4.74 Å². The molecule has 1 saturated heterocycles. The lowest BCUT2D eigenvalue weighted by atomic mass is 9.56. The Labute approximate surface area is 206 Å². The number of likely N-dealkylation sites (tertiary alicyclic amines) is 1. The van der Waals surface area contributed by atoms with E-state index < -0.39 is 11.7 Å². The standard InChI is InChI=1S/C28H35ClF3NO/c1-3-22(27(15-4-16-27)23-7-11-25(29)12-8-23)18-33-17-21(6-5-20(33)2)19-34-26-13-9-24(10-14-26)28(30,31)32/h7-14,20-22H,3-6,15-19H2,1-2H3/t20-,21-,22?/m1/s1. The molecule has 186 valence electrons. The second-order valence-electron chi connectivity index (χ2n) is 10.2. The van der Waals surface area contributed by atoms with Gasteiger partial charge in [0.05, 0.1) is 12.2 Å². The summed E-state index contributed by atoms with van der Waals surface area (Å²) < 4.78 is 44.3. The summed E-state index contributed by atoms with van der Waals surface area (Å²) in [5.74, 6) is 1.46. The number of ether oxygens (including phenoxy) is 1. The highest BCUT2D eigenvalue weighted by Gasteiger charge is 2.45. The van der Waals surface area contributed by atoms with Crippen LogP contribution in [0.3, 0.4) is 0 Å². The third-order valence-corrected chi connectivity index (χ3v) is 8.42. The Morgan fingerprint density at radius 1 is 1.06 bits per heavy atom. The Morgan fingerprint density at radius 3 is 2.29 bits per heavy atom. The number of nitrogens with zero attached hydrogens (tertiary/aromatic N) is 1.